The van der Waals surface area contributed by atoms with Gasteiger partial charge in [-0.1, -0.05) is 6.07 Å². The Morgan fingerprint density at radius 1 is 1.56 bits per heavy atom. The normalized spacial score (nSPS) is 10.4. The molecule has 0 spiro atoms. The van der Waals surface area contributed by atoms with Crippen molar-refractivity contribution in [3.05, 3.63) is 40.2 Å². The van der Waals surface area contributed by atoms with Crippen LogP contribution in [0.5, 0.6) is 11.6 Å². The second-order valence-corrected chi connectivity index (χ2v) is 4.30. The summed E-state index contributed by atoms with van der Waals surface area (Å²) in [4.78, 5) is 10.9. The van der Waals surface area contributed by atoms with Crippen molar-refractivity contribution in [1.29, 1.82) is 0 Å². The Kier molecular flexibility index (Phi) is 3.33. The number of carboxylic acid groups (broad SMARTS) is 1. The molecule has 0 saturated heterocycles. The summed E-state index contributed by atoms with van der Waals surface area (Å²) in [6, 6.07) is 4.50. The fraction of sp³-hybridized carbons (Fsp3) is 0.0909. The van der Waals surface area contributed by atoms with E-state index in [1.165, 1.54) is 23.9 Å². The minimum Gasteiger partial charge on any atom is -0.477 e. The van der Waals surface area contributed by atoms with Crippen LogP contribution in [0.3, 0.4) is 0 Å². The second kappa shape index (κ2) is 4.77. The fourth-order valence-electron chi connectivity index (χ4n) is 1.36. The summed E-state index contributed by atoms with van der Waals surface area (Å²) in [7, 11) is 1.51. The molecule has 18 heavy (non-hydrogen) atoms. The zero-order valence-electron chi connectivity index (χ0n) is 9.22. The molecule has 1 N–H and O–H groups in total. The third-order valence-electron chi connectivity index (χ3n) is 2.24. The number of benzene rings is 1. The highest BCUT2D eigenvalue weighted by molar-refractivity contribution is 9.10. The lowest BCUT2D eigenvalue weighted by molar-refractivity contribution is 0.0693. The molecule has 94 valence electrons. The number of aryl methyl sites for hydroxylation is 1. The molecule has 0 saturated carbocycles. The Bertz CT molecular complexity index is 612. The van der Waals surface area contributed by atoms with Crippen LogP contribution in [-0.2, 0) is 7.05 Å². The maximum Gasteiger partial charge on any atom is 0.342 e. The number of hydrogen-bond donors (Lipinski definition) is 1. The van der Waals surface area contributed by atoms with Gasteiger partial charge in [-0.3, -0.25) is 0 Å². The summed E-state index contributed by atoms with van der Waals surface area (Å²) in [6.45, 7) is 0. The van der Waals surface area contributed by atoms with E-state index >= 15 is 0 Å². The number of ether oxygens (including phenoxy) is 1. The Hall–Kier alpha value is -1.89. The molecule has 2 rings (SSSR count). The number of nitrogens with zero attached hydrogens (tertiary/aromatic N) is 2. The van der Waals surface area contributed by atoms with Crippen LogP contribution in [0, 0.1) is 5.82 Å². The zero-order valence-corrected chi connectivity index (χ0v) is 10.8. The largest absolute Gasteiger partial charge is 0.477 e. The Balaban J connectivity index is 2.43. The van der Waals surface area contributed by atoms with Crippen molar-refractivity contribution >= 4 is 21.9 Å². The van der Waals surface area contributed by atoms with Crippen LogP contribution in [0.15, 0.2) is 28.9 Å². The van der Waals surface area contributed by atoms with Gasteiger partial charge in [-0.05, 0) is 28.1 Å². The molecule has 1 aromatic carbocycles. The van der Waals surface area contributed by atoms with Gasteiger partial charge in [0.1, 0.15) is 5.56 Å². The van der Waals surface area contributed by atoms with Crippen molar-refractivity contribution < 1.29 is 19.0 Å². The molecule has 0 aliphatic heterocycles. The van der Waals surface area contributed by atoms with Gasteiger partial charge in [0.2, 0.25) is 5.88 Å². The highest BCUT2D eigenvalue weighted by Gasteiger charge is 2.19. The van der Waals surface area contributed by atoms with Crippen molar-refractivity contribution in [1.82, 2.24) is 9.78 Å². The first-order valence-electron chi connectivity index (χ1n) is 4.88. The topological polar surface area (TPSA) is 64.4 Å². The van der Waals surface area contributed by atoms with Gasteiger partial charge in [0.25, 0.3) is 0 Å². The van der Waals surface area contributed by atoms with Crippen LogP contribution in [0.1, 0.15) is 10.4 Å². The van der Waals surface area contributed by atoms with Gasteiger partial charge in [-0.15, -0.1) is 0 Å². The van der Waals surface area contributed by atoms with Gasteiger partial charge in [0.15, 0.2) is 11.6 Å². The molecular weight excluding hydrogens is 307 g/mol. The number of rotatable bonds is 3. The summed E-state index contributed by atoms with van der Waals surface area (Å²) < 4.78 is 20.4. The van der Waals surface area contributed by atoms with E-state index in [0.29, 0.717) is 0 Å². The molecule has 7 heteroatoms. The van der Waals surface area contributed by atoms with Crippen molar-refractivity contribution in [2.45, 2.75) is 0 Å². The molecule has 1 aromatic heterocycles. The fourth-order valence-corrected chi connectivity index (χ4v) is 1.71. The molecule has 0 aliphatic carbocycles. The van der Waals surface area contributed by atoms with Crippen LogP contribution < -0.4 is 4.74 Å². The lowest BCUT2D eigenvalue weighted by Gasteiger charge is -2.08. The number of carboxylic acids is 1. The van der Waals surface area contributed by atoms with Crippen LogP contribution in [0.4, 0.5) is 4.39 Å². The first-order chi connectivity index (χ1) is 8.50. The Morgan fingerprint density at radius 3 is 2.94 bits per heavy atom. The van der Waals surface area contributed by atoms with Crippen molar-refractivity contribution in [2.75, 3.05) is 0 Å². The molecule has 0 bridgehead atoms. The summed E-state index contributed by atoms with van der Waals surface area (Å²) in [5.41, 5.74) is -0.128. The van der Waals surface area contributed by atoms with Gasteiger partial charge in [0.05, 0.1) is 10.7 Å². The van der Waals surface area contributed by atoms with Crippen LogP contribution in [0.2, 0.25) is 0 Å². The van der Waals surface area contributed by atoms with E-state index < -0.39 is 11.8 Å². The SMILES string of the molecule is Cn1ncc(C(=O)O)c1Oc1cccc(Br)c1F. The average molecular weight is 315 g/mol. The molecule has 0 aliphatic rings. The first kappa shape index (κ1) is 12.6. The van der Waals surface area contributed by atoms with E-state index in [-0.39, 0.29) is 21.7 Å². The number of halogens is 2. The molecule has 0 amide bonds. The second-order valence-electron chi connectivity index (χ2n) is 3.45. The monoisotopic (exact) mass is 314 g/mol. The van der Waals surface area contributed by atoms with Crippen molar-refractivity contribution in [2.24, 2.45) is 7.05 Å². The molecule has 0 radical (unpaired) electrons. The maximum absolute atomic E-state index is 13.7. The van der Waals surface area contributed by atoms with E-state index in [1.54, 1.807) is 6.07 Å². The minimum absolute atomic E-state index is 0.0282. The van der Waals surface area contributed by atoms with E-state index in [9.17, 15) is 9.18 Å². The molecule has 0 fully saturated rings. The lowest BCUT2D eigenvalue weighted by atomic mass is 10.3. The third kappa shape index (κ3) is 2.21. The highest BCUT2D eigenvalue weighted by Crippen LogP contribution is 2.30. The summed E-state index contributed by atoms with van der Waals surface area (Å²) in [5.74, 6) is -1.89. The zero-order chi connectivity index (χ0) is 13.3. The third-order valence-corrected chi connectivity index (χ3v) is 2.85. The molecule has 2 aromatic rings. The highest BCUT2D eigenvalue weighted by atomic mass is 79.9. The average Bonchev–Trinajstić information content (AvgIpc) is 2.67. The van der Waals surface area contributed by atoms with E-state index in [0.717, 1.165) is 6.20 Å². The maximum atomic E-state index is 13.7. The predicted molar refractivity (Wildman–Crippen MR) is 64.3 cm³/mol. The minimum atomic E-state index is -1.19. The van der Waals surface area contributed by atoms with Gasteiger partial charge in [-0.2, -0.15) is 5.10 Å². The number of aromatic nitrogens is 2. The van der Waals surface area contributed by atoms with Crippen LogP contribution in [-0.4, -0.2) is 20.9 Å². The van der Waals surface area contributed by atoms with Gasteiger partial charge in [0, 0.05) is 7.05 Å². The van der Waals surface area contributed by atoms with Crippen molar-refractivity contribution in [3.63, 3.8) is 0 Å². The standard InChI is InChI=1S/C11H8BrFN2O3/c1-15-10(6(5-14-15)11(16)17)18-8-4-2-3-7(12)9(8)13/h2-5H,1H3,(H,16,17). The van der Waals surface area contributed by atoms with E-state index in [2.05, 4.69) is 21.0 Å². The molecule has 1 heterocycles. The first-order valence-corrected chi connectivity index (χ1v) is 5.67. The molecule has 0 unspecified atom stereocenters. The summed E-state index contributed by atoms with van der Waals surface area (Å²) in [6.07, 6.45) is 1.15. The molecular formula is C11H8BrFN2O3. The smallest absolute Gasteiger partial charge is 0.342 e. The predicted octanol–water partition coefficient (Wildman–Crippen LogP) is 2.81. The van der Waals surface area contributed by atoms with Gasteiger partial charge >= 0.3 is 5.97 Å². The van der Waals surface area contributed by atoms with Crippen molar-refractivity contribution in [3.8, 4) is 11.6 Å². The summed E-state index contributed by atoms with van der Waals surface area (Å²) in [5, 5.41) is 12.7. The number of aromatic carboxylic acids is 1. The Morgan fingerprint density at radius 2 is 2.28 bits per heavy atom. The Labute approximate surface area is 110 Å². The lowest BCUT2D eigenvalue weighted by Crippen LogP contribution is -2.02. The quantitative estimate of drug-likeness (QED) is 0.946. The van der Waals surface area contributed by atoms with Gasteiger partial charge < -0.3 is 9.84 Å². The van der Waals surface area contributed by atoms with E-state index in [1.807, 2.05) is 0 Å². The number of carbonyl (C=O) groups is 1. The number of hydrogen-bond acceptors (Lipinski definition) is 3. The molecule has 0 atom stereocenters. The molecule has 5 nitrogen and oxygen atoms in total. The summed E-state index contributed by atoms with van der Waals surface area (Å²) >= 11 is 3.02. The van der Waals surface area contributed by atoms with Crippen LogP contribution in [0.25, 0.3) is 0 Å². The van der Waals surface area contributed by atoms with E-state index in [4.69, 9.17) is 9.84 Å². The van der Waals surface area contributed by atoms with Gasteiger partial charge in [-0.25, -0.2) is 13.9 Å². The van der Waals surface area contributed by atoms with Crippen LogP contribution >= 0.6 is 15.9 Å².